The van der Waals surface area contributed by atoms with E-state index in [9.17, 15) is 4.79 Å². The molecule has 1 saturated heterocycles. The third-order valence-corrected chi connectivity index (χ3v) is 6.10. The SMILES string of the molecule is CCOc1ccc2[nH]c(=O)c(CN(CCN(C)C)C(=S)NCCCN3CCOCC3)cc2c1. The highest BCUT2D eigenvalue weighted by atomic mass is 32.1. The second-order valence-corrected chi connectivity index (χ2v) is 8.96. The minimum Gasteiger partial charge on any atom is -0.494 e. The number of hydrogen-bond donors (Lipinski definition) is 2. The Bertz CT molecular complexity index is 959. The first-order valence-corrected chi connectivity index (χ1v) is 12.1. The number of thiocarbonyl (C=S) groups is 1. The number of aromatic nitrogens is 1. The third kappa shape index (κ3) is 7.96. The molecule has 3 rings (SSSR count). The van der Waals surface area contributed by atoms with Crippen LogP contribution in [0.2, 0.25) is 0 Å². The molecule has 0 unspecified atom stereocenters. The predicted octanol–water partition coefficient (Wildman–Crippen LogP) is 1.89. The molecule has 9 heteroatoms. The molecule has 1 fully saturated rings. The maximum Gasteiger partial charge on any atom is 0.253 e. The lowest BCUT2D eigenvalue weighted by Crippen LogP contribution is -2.44. The fraction of sp³-hybridized carbons (Fsp3) is 0.583. The van der Waals surface area contributed by atoms with Crippen molar-refractivity contribution in [1.82, 2.24) is 25.0 Å². The summed E-state index contributed by atoms with van der Waals surface area (Å²) >= 11 is 5.72. The van der Waals surface area contributed by atoms with Crippen LogP contribution in [0, 0.1) is 0 Å². The van der Waals surface area contributed by atoms with Gasteiger partial charge in [-0.3, -0.25) is 9.69 Å². The van der Waals surface area contributed by atoms with Gasteiger partial charge in [0.05, 0.1) is 26.4 Å². The second-order valence-electron chi connectivity index (χ2n) is 8.57. The molecule has 1 aliphatic rings. The van der Waals surface area contributed by atoms with E-state index < -0.39 is 0 Å². The van der Waals surface area contributed by atoms with Crippen LogP contribution in [0.15, 0.2) is 29.1 Å². The molecule has 0 bridgehead atoms. The van der Waals surface area contributed by atoms with Crippen molar-refractivity contribution in [1.29, 1.82) is 0 Å². The fourth-order valence-electron chi connectivity index (χ4n) is 3.82. The monoisotopic (exact) mass is 475 g/mol. The van der Waals surface area contributed by atoms with Crippen molar-refractivity contribution in [2.24, 2.45) is 0 Å². The van der Waals surface area contributed by atoms with E-state index in [0.29, 0.717) is 23.8 Å². The number of rotatable bonds is 11. The molecule has 0 saturated carbocycles. The van der Waals surface area contributed by atoms with Crippen LogP contribution in [0.1, 0.15) is 18.9 Å². The topological polar surface area (TPSA) is 73.1 Å². The molecule has 0 amide bonds. The lowest BCUT2D eigenvalue weighted by Gasteiger charge is -2.28. The Hall–Kier alpha value is -2.20. The van der Waals surface area contributed by atoms with Gasteiger partial charge in [0.25, 0.3) is 5.56 Å². The van der Waals surface area contributed by atoms with Gasteiger partial charge in [-0.15, -0.1) is 0 Å². The summed E-state index contributed by atoms with van der Waals surface area (Å²) in [6.07, 6.45) is 1.01. The number of morpholine rings is 1. The molecule has 2 N–H and O–H groups in total. The van der Waals surface area contributed by atoms with Gasteiger partial charge in [-0.1, -0.05) is 0 Å². The molecule has 0 aliphatic carbocycles. The summed E-state index contributed by atoms with van der Waals surface area (Å²) in [6, 6.07) is 7.67. The van der Waals surface area contributed by atoms with E-state index in [1.165, 1.54) is 0 Å². The summed E-state index contributed by atoms with van der Waals surface area (Å²) in [5.74, 6) is 0.796. The number of benzene rings is 1. The van der Waals surface area contributed by atoms with Crippen molar-refractivity contribution in [3.63, 3.8) is 0 Å². The largest absolute Gasteiger partial charge is 0.494 e. The van der Waals surface area contributed by atoms with Crippen molar-refractivity contribution >= 4 is 28.2 Å². The molecule has 2 heterocycles. The van der Waals surface area contributed by atoms with Crippen molar-refractivity contribution < 1.29 is 9.47 Å². The molecule has 0 radical (unpaired) electrons. The maximum absolute atomic E-state index is 12.8. The molecule has 1 aromatic heterocycles. The van der Waals surface area contributed by atoms with E-state index in [4.69, 9.17) is 21.7 Å². The summed E-state index contributed by atoms with van der Waals surface area (Å²) in [5.41, 5.74) is 1.40. The molecule has 182 valence electrons. The number of nitrogens with one attached hydrogen (secondary N) is 2. The van der Waals surface area contributed by atoms with Crippen LogP contribution >= 0.6 is 12.2 Å². The minimum absolute atomic E-state index is 0.0865. The van der Waals surface area contributed by atoms with E-state index in [1.807, 2.05) is 45.3 Å². The van der Waals surface area contributed by atoms with Crippen LogP contribution in [-0.4, -0.2) is 98.0 Å². The molecule has 0 spiro atoms. The van der Waals surface area contributed by atoms with Crippen LogP contribution in [-0.2, 0) is 11.3 Å². The molecular weight excluding hydrogens is 438 g/mol. The molecule has 8 nitrogen and oxygen atoms in total. The summed E-state index contributed by atoms with van der Waals surface area (Å²) in [5, 5.41) is 5.03. The lowest BCUT2D eigenvalue weighted by atomic mass is 10.1. The average Bonchev–Trinajstić information content (AvgIpc) is 2.80. The standard InChI is InChI=1S/C24H37N5O3S/c1-4-32-21-6-7-22-19(17-21)16-20(23(30)26-22)18-29(11-10-27(2)3)24(33)25-8-5-9-28-12-14-31-15-13-28/h6-7,16-17H,4-5,8-15,18H2,1-3H3,(H,25,33)(H,26,30). The van der Waals surface area contributed by atoms with E-state index in [0.717, 1.165) is 75.6 Å². The van der Waals surface area contributed by atoms with E-state index in [2.05, 4.69) is 25.0 Å². The van der Waals surface area contributed by atoms with E-state index >= 15 is 0 Å². The van der Waals surface area contributed by atoms with Crippen molar-refractivity contribution in [3.8, 4) is 5.75 Å². The van der Waals surface area contributed by atoms with Gasteiger partial charge in [0.2, 0.25) is 0 Å². The first-order valence-electron chi connectivity index (χ1n) is 11.7. The highest BCUT2D eigenvalue weighted by Gasteiger charge is 2.15. The predicted molar refractivity (Wildman–Crippen MR) is 137 cm³/mol. The highest BCUT2D eigenvalue weighted by Crippen LogP contribution is 2.19. The van der Waals surface area contributed by atoms with Gasteiger partial charge >= 0.3 is 0 Å². The zero-order valence-electron chi connectivity index (χ0n) is 20.1. The number of likely N-dealkylation sites (N-methyl/N-ethyl adjacent to an activating group) is 1. The summed E-state index contributed by atoms with van der Waals surface area (Å²) in [7, 11) is 4.07. The summed E-state index contributed by atoms with van der Waals surface area (Å²) in [6.45, 7) is 10.0. The Balaban J connectivity index is 1.65. The Morgan fingerprint density at radius 1 is 1.24 bits per heavy atom. The van der Waals surface area contributed by atoms with Gasteiger partial charge in [-0.25, -0.2) is 0 Å². The number of ether oxygens (including phenoxy) is 2. The van der Waals surface area contributed by atoms with Crippen molar-refractivity contribution in [2.75, 3.05) is 73.2 Å². The normalized spacial score (nSPS) is 14.5. The number of nitrogens with zero attached hydrogens (tertiary/aromatic N) is 3. The molecule has 33 heavy (non-hydrogen) atoms. The second kappa shape index (κ2) is 12.9. The van der Waals surface area contributed by atoms with Gasteiger partial charge in [-0.2, -0.15) is 0 Å². The Kier molecular flexibility index (Phi) is 9.93. The number of H-pyrrole nitrogens is 1. The molecule has 1 aliphatic heterocycles. The van der Waals surface area contributed by atoms with E-state index in [-0.39, 0.29) is 5.56 Å². The van der Waals surface area contributed by atoms with Gasteiger partial charge in [0, 0.05) is 49.2 Å². The Morgan fingerprint density at radius 3 is 2.76 bits per heavy atom. The first kappa shape index (κ1) is 25.4. The van der Waals surface area contributed by atoms with Gasteiger partial charge in [0.1, 0.15) is 5.75 Å². The zero-order chi connectivity index (χ0) is 23.6. The lowest BCUT2D eigenvalue weighted by molar-refractivity contribution is 0.0376. The van der Waals surface area contributed by atoms with E-state index in [1.54, 1.807) is 0 Å². The smallest absolute Gasteiger partial charge is 0.253 e. The van der Waals surface area contributed by atoms with Crippen molar-refractivity contribution in [3.05, 3.63) is 40.2 Å². The number of pyridine rings is 1. The highest BCUT2D eigenvalue weighted by molar-refractivity contribution is 7.80. The maximum atomic E-state index is 12.8. The van der Waals surface area contributed by atoms with Crippen LogP contribution in [0.5, 0.6) is 5.75 Å². The van der Waals surface area contributed by atoms with Crippen LogP contribution < -0.4 is 15.6 Å². The Labute approximate surface area is 201 Å². The molecule has 1 aromatic carbocycles. The van der Waals surface area contributed by atoms with Crippen LogP contribution in [0.25, 0.3) is 10.9 Å². The van der Waals surface area contributed by atoms with Crippen molar-refractivity contribution in [2.45, 2.75) is 19.9 Å². The average molecular weight is 476 g/mol. The first-order chi connectivity index (χ1) is 16.0. The van der Waals surface area contributed by atoms with Gasteiger partial charge < -0.3 is 29.6 Å². The third-order valence-electron chi connectivity index (χ3n) is 5.70. The van der Waals surface area contributed by atoms with Crippen LogP contribution in [0.4, 0.5) is 0 Å². The molecular formula is C24H37N5O3S. The van der Waals surface area contributed by atoms with Crippen LogP contribution in [0.3, 0.4) is 0 Å². The zero-order valence-corrected chi connectivity index (χ0v) is 20.9. The minimum atomic E-state index is -0.0865. The molecule has 0 atom stereocenters. The quantitative estimate of drug-likeness (QED) is 0.377. The number of hydrogen-bond acceptors (Lipinski definition) is 6. The number of aromatic amines is 1. The van der Waals surface area contributed by atoms with Gasteiger partial charge in [0.15, 0.2) is 5.11 Å². The van der Waals surface area contributed by atoms with Gasteiger partial charge in [-0.05, 0) is 70.5 Å². The molecule has 2 aromatic rings. The summed E-state index contributed by atoms with van der Waals surface area (Å²) in [4.78, 5) is 22.4. The fourth-order valence-corrected chi connectivity index (χ4v) is 4.08. The number of fused-ring (bicyclic) bond motifs is 1. The Morgan fingerprint density at radius 2 is 2.03 bits per heavy atom. The summed E-state index contributed by atoms with van der Waals surface area (Å²) < 4.78 is 11.0.